The summed E-state index contributed by atoms with van der Waals surface area (Å²) in [6.07, 6.45) is 1.64. The Balaban J connectivity index is 2.39. The molecule has 1 atom stereocenters. The van der Waals surface area contributed by atoms with Crippen molar-refractivity contribution in [3.8, 4) is 11.8 Å². The first kappa shape index (κ1) is 16.9. The zero-order valence-corrected chi connectivity index (χ0v) is 12.8. The number of benzene rings is 1. The highest BCUT2D eigenvalue weighted by Crippen LogP contribution is 2.10. The Morgan fingerprint density at radius 3 is 2.81 bits per heavy atom. The summed E-state index contributed by atoms with van der Waals surface area (Å²) < 4.78 is 10.2. The Kier molecular flexibility index (Phi) is 7.79. The molecule has 0 unspecified atom stereocenters. The van der Waals surface area contributed by atoms with Gasteiger partial charge in [-0.15, -0.1) is 0 Å². The average molecular weight is 306 g/mol. The van der Waals surface area contributed by atoms with E-state index in [1.54, 1.807) is 25.5 Å². The minimum atomic E-state index is 0.0363. The summed E-state index contributed by atoms with van der Waals surface area (Å²) in [4.78, 5) is 0. The molecule has 0 fully saturated rings. The zero-order valence-electron chi connectivity index (χ0n) is 12.0. The molecule has 2 N–H and O–H groups in total. The largest absolute Gasteiger partial charge is 0.479 e. The summed E-state index contributed by atoms with van der Waals surface area (Å²) in [6, 6.07) is 9.24. The molecule has 112 valence electrons. The lowest BCUT2D eigenvalue weighted by Gasteiger charge is -2.13. The molecule has 0 heterocycles. The molecule has 1 aromatic carbocycles. The lowest BCUT2D eigenvalue weighted by Crippen LogP contribution is -2.40. The van der Waals surface area contributed by atoms with E-state index >= 15 is 0 Å². The summed E-state index contributed by atoms with van der Waals surface area (Å²) in [5, 5.41) is 15.9. The first-order chi connectivity index (χ1) is 10.2. The van der Waals surface area contributed by atoms with Crippen LogP contribution in [0.2, 0.25) is 0 Å². The van der Waals surface area contributed by atoms with Crippen molar-refractivity contribution in [3.05, 3.63) is 29.8 Å². The van der Waals surface area contributed by atoms with Gasteiger partial charge in [0.15, 0.2) is 11.7 Å². The molecule has 0 amide bonds. The zero-order chi connectivity index (χ0) is 15.5. The van der Waals surface area contributed by atoms with Crippen LogP contribution in [0.1, 0.15) is 12.5 Å². The van der Waals surface area contributed by atoms with Crippen LogP contribution in [-0.2, 0) is 4.74 Å². The fraction of sp³-hybridized carbons (Fsp3) is 0.357. The van der Waals surface area contributed by atoms with E-state index < -0.39 is 0 Å². The van der Waals surface area contributed by atoms with Gasteiger partial charge in [0.1, 0.15) is 11.8 Å². The summed E-state index contributed by atoms with van der Waals surface area (Å²) in [6.45, 7) is 2.56. The fourth-order valence-electron chi connectivity index (χ4n) is 1.48. The minimum absolute atomic E-state index is 0.0363. The third-order valence-corrected chi connectivity index (χ3v) is 2.57. The summed E-state index contributed by atoms with van der Waals surface area (Å²) >= 11 is 5.09. The van der Waals surface area contributed by atoms with Crippen LogP contribution in [0.3, 0.4) is 0 Å². The van der Waals surface area contributed by atoms with Crippen molar-refractivity contribution in [2.24, 2.45) is 5.10 Å². The Bertz CT molecular complexity index is 511. The number of rotatable bonds is 7. The number of nitrogens with zero attached hydrogens (tertiary/aromatic N) is 2. The van der Waals surface area contributed by atoms with E-state index in [9.17, 15) is 0 Å². The maximum atomic E-state index is 8.42. The van der Waals surface area contributed by atoms with Crippen molar-refractivity contribution in [1.82, 2.24) is 10.7 Å². The second-order valence-corrected chi connectivity index (χ2v) is 4.62. The Morgan fingerprint density at radius 2 is 2.19 bits per heavy atom. The molecule has 6 nitrogen and oxygen atoms in total. The third-order valence-electron chi connectivity index (χ3n) is 2.36. The number of thiocarbonyl (C=S) groups is 1. The molecular formula is C14H18N4O2S. The van der Waals surface area contributed by atoms with E-state index in [1.807, 2.05) is 25.1 Å². The van der Waals surface area contributed by atoms with Gasteiger partial charge in [-0.2, -0.15) is 10.4 Å². The van der Waals surface area contributed by atoms with Gasteiger partial charge < -0.3 is 14.8 Å². The lowest BCUT2D eigenvalue weighted by molar-refractivity contribution is 0.179. The molecule has 0 bridgehead atoms. The first-order valence-corrected chi connectivity index (χ1v) is 6.75. The van der Waals surface area contributed by atoms with E-state index in [2.05, 4.69) is 15.8 Å². The second-order valence-electron chi connectivity index (χ2n) is 4.22. The van der Waals surface area contributed by atoms with E-state index in [4.69, 9.17) is 27.0 Å². The number of methoxy groups -OCH3 is 1. The van der Waals surface area contributed by atoms with Crippen LogP contribution < -0.4 is 15.5 Å². The topological polar surface area (TPSA) is 78.7 Å². The maximum absolute atomic E-state index is 8.42. The van der Waals surface area contributed by atoms with E-state index in [1.165, 1.54) is 0 Å². The standard InChI is InChI=1S/C14H18N4O2S/c1-11(10-19-2)17-14(21)18-16-9-12-3-5-13(6-4-12)20-8-7-15/h3-6,9,11H,8,10H2,1-2H3,(H2,17,18,21)/b16-9-/t11-/m0/s1. The van der Waals surface area contributed by atoms with Gasteiger partial charge in [-0.25, -0.2) is 0 Å². The Hall–Kier alpha value is -2.17. The molecule has 1 aromatic rings. The van der Waals surface area contributed by atoms with Crippen molar-refractivity contribution in [3.63, 3.8) is 0 Å². The van der Waals surface area contributed by atoms with Crippen LogP contribution in [0, 0.1) is 11.3 Å². The molecule has 7 heteroatoms. The SMILES string of the molecule is COC[C@H](C)NC(=S)N/N=C\c1ccc(OCC#N)cc1. The van der Waals surface area contributed by atoms with Gasteiger partial charge in [0.05, 0.1) is 12.8 Å². The van der Waals surface area contributed by atoms with Gasteiger partial charge in [0.2, 0.25) is 0 Å². The first-order valence-electron chi connectivity index (χ1n) is 6.34. The highest BCUT2D eigenvalue weighted by molar-refractivity contribution is 7.80. The van der Waals surface area contributed by atoms with Gasteiger partial charge in [0, 0.05) is 13.2 Å². The van der Waals surface area contributed by atoms with Crippen molar-refractivity contribution in [2.75, 3.05) is 20.3 Å². The normalized spacial score (nSPS) is 11.7. The molecular weight excluding hydrogens is 288 g/mol. The molecule has 0 aliphatic heterocycles. The van der Waals surface area contributed by atoms with E-state index in [0.29, 0.717) is 17.5 Å². The molecule has 0 radical (unpaired) electrons. The highest BCUT2D eigenvalue weighted by Gasteiger charge is 2.01. The number of hydrogen-bond acceptors (Lipinski definition) is 5. The second kappa shape index (κ2) is 9.69. The molecule has 21 heavy (non-hydrogen) atoms. The molecule has 0 saturated heterocycles. The van der Waals surface area contributed by atoms with Gasteiger partial charge in [-0.1, -0.05) is 0 Å². The predicted octanol–water partition coefficient (Wildman–Crippen LogP) is 1.42. The van der Waals surface area contributed by atoms with E-state index in [-0.39, 0.29) is 12.6 Å². The van der Waals surface area contributed by atoms with Gasteiger partial charge in [-0.3, -0.25) is 5.43 Å². The van der Waals surface area contributed by atoms with Crippen LogP contribution in [0.4, 0.5) is 0 Å². The maximum Gasteiger partial charge on any atom is 0.187 e. The third kappa shape index (κ3) is 7.25. The molecule has 0 aliphatic rings. The van der Waals surface area contributed by atoms with Crippen molar-refractivity contribution in [2.45, 2.75) is 13.0 Å². The van der Waals surface area contributed by atoms with Crippen molar-refractivity contribution < 1.29 is 9.47 Å². The average Bonchev–Trinajstić information content (AvgIpc) is 2.46. The van der Waals surface area contributed by atoms with Crippen LogP contribution in [0.5, 0.6) is 5.75 Å². The molecule has 0 aliphatic carbocycles. The van der Waals surface area contributed by atoms with Gasteiger partial charge >= 0.3 is 0 Å². The number of hydrogen-bond donors (Lipinski definition) is 2. The van der Waals surface area contributed by atoms with Crippen LogP contribution in [-0.4, -0.2) is 37.7 Å². The molecule has 0 spiro atoms. The molecule has 0 saturated carbocycles. The van der Waals surface area contributed by atoms with Crippen LogP contribution >= 0.6 is 12.2 Å². The Labute approximate surface area is 129 Å². The summed E-state index contributed by atoms with van der Waals surface area (Å²) in [5.74, 6) is 0.646. The highest BCUT2D eigenvalue weighted by atomic mass is 32.1. The van der Waals surface area contributed by atoms with Gasteiger partial charge in [-0.05, 0) is 49.0 Å². The number of nitrogens with one attached hydrogen (secondary N) is 2. The Morgan fingerprint density at radius 1 is 1.48 bits per heavy atom. The predicted molar refractivity (Wildman–Crippen MR) is 85.4 cm³/mol. The van der Waals surface area contributed by atoms with Gasteiger partial charge in [0.25, 0.3) is 0 Å². The number of hydrazone groups is 1. The van der Waals surface area contributed by atoms with E-state index in [0.717, 1.165) is 5.56 Å². The summed E-state index contributed by atoms with van der Waals surface area (Å²) in [5.41, 5.74) is 3.62. The van der Waals surface area contributed by atoms with Crippen molar-refractivity contribution >= 4 is 23.5 Å². The number of ether oxygens (including phenoxy) is 2. The monoisotopic (exact) mass is 306 g/mol. The van der Waals surface area contributed by atoms with Crippen LogP contribution in [0.15, 0.2) is 29.4 Å². The number of nitriles is 1. The smallest absolute Gasteiger partial charge is 0.187 e. The molecule has 0 aromatic heterocycles. The lowest BCUT2D eigenvalue weighted by atomic mass is 10.2. The van der Waals surface area contributed by atoms with Crippen LogP contribution in [0.25, 0.3) is 0 Å². The summed E-state index contributed by atoms with van der Waals surface area (Å²) in [7, 11) is 1.64. The quantitative estimate of drug-likeness (QED) is 0.451. The fourth-order valence-corrected chi connectivity index (χ4v) is 1.73. The van der Waals surface area contributed by atoms with Crippen molar-refractivity contribution in [1.29, 1.82) is 5.26 Å². The minimum Gasteiger partial charge on any atom is -0.479 e. The molecule has 1 rings (SSSR count).